The molecule has 0 aromatic rings. The highest BCUT2D eigenvalue weighted by Gasteiger charge is 2.51. The minimum absolute atomic E-state index is 0.295. The van der Waals surface area contributed by atoms with Crippen LogP contribution in [-0.4, -0.2) is 29.1 Å². The summed E-state index contributed by atoms with van der Waals surface area (Å²) in [7, 11) is 0. The minimum atomic E-state index is 0.295. The van der Waals surface area contributed by atoms with E-state index in [1.807, 2.05) is 0 Å². The summed E-state index contributed by atoms with van der Waals surface area (Å²) in [6, 6.07) is 0. The van der Waals surface area contributed by atoms with Gasteiger partial charge >= 0.3 is 0 Å². The molecule has 1 saturated heterocycles. The Bertz CT molecular complexity index is 270. The lowest BCUT2D eigenvalue weighted by molar-refractivity contribution is 0.0322. The summed E-state index contributed by atoms with van der Waals surface area (Å²) in [5, 5.41) is 0. The first-order valence-electron chi connectivity index (χ1n) is 6.79. The van der Waals surface area contributed by atoms with Crippen LogP contribution in [0.3, 0.4) is 0 Å². The monoisotopic (exact) mass is 224 g/mol. The molecule has 0 amide bonds. The van der Waals surface area contributed by atoms with Crippen molar-refractivity contribution in [3.8, 4) is 0 Å². The highest BCUT2D eigenvalue weighted by Crippen LogP contribution is 2.50. The van der Waals surface area contributed by atoms with Gasteiger partial charge in [-0.15, -0.1) is 0 Å². The molecular formula is C14H28N2. The van der Waals surface area contributed by atoms with Crippen LogP contribution in [0.1, 0.15) is 59.8 Å². The number of nitrogens with zero attached hydrogens (tertiary/aromatic N) is 1. The number of hydrogen-bond donors (Lipinski definition) is 1. The van der Waals surface area contributed by atoms with Gasteiger partial charge in [-0.1, -0.05) is 13.8 Å². The van der Waals surface area contributed by atoms with Crippen molar-refractivity contribution in [2.75, 3.05) is 13.1 Å². The van der Waals surface area contributed by atoms with Gasteiger partial charge in [-0.05, 0) is 57.9 Å². The molecule has 1 unspecified atom stereocenters. The van der Waals surface area contributed by atoms with Crippen LogP contribution < -0.4 is 5.73 Å². The predicted octanol–water partition coefficient (Wildman–Crippen LogP) is 2.77. The Kier molecular flexibility index (Phi) is 2.87. The second kappa shape index (κ2) is 3.71. The van der Waals surface area contributed by atoms with Crippen molar-refractivity contribution in [1.82, 2.24) is 4.90 Å². The molecule has 94 valence electrons. The second-order valence-electron chi connectivity index (χ2n) is 7.34. The molecule has 0 aromatic heterocycles. The van der Waals surface area contributed by atoms with Gasteiger partial charge in [0.15, 0.2) is 0 Å². The van der Waals surface area contributed by atoms with E-state index in [1.54, 1.807) is 0 Å². The fourth-order valence-corrected chi connectivity index (χ4v) is 4.14. The van der Waals surface area contributed by atoms with Crippen LogP contribution in [0.5, 0.6) is 0 Å². The van der Waals surface area contributed by atoms with Gasteiger partial charge in [0.05, 0.1) is 0 Å². The van der Waals surface area contributed by atoms with Gasteiger partial charge in [0.2, 0.25) is 0 Å². The van der Waals surface area contributed by atoms with Crippen molar-refractivity contribution in [3.05, 3.63) is 0 Å². The molecule has 2 aliphatic rings. The van der Waals surface area contributed by atoms with Crippen LogP contribution in [-0.2, 0) is 0 Å². The molecule has 2 heteroatoms. The summed E-state index contributed by atoms with van der Waals surface area (Å²) in [6.45, 7) is 11.7. The largest absolute Gasteiger partial charge is 0.329 e. The van der Waals surface area contributed by atoms with E-state index in [1.165, 1.54) is 38.6 Å². The van der Waals surface area contributed by atoms with E-state index in [2.05, 4.69) is 32.6 Å². The van der Waals surface area contributed by atoms with Crippen LogP contribution in [0.15, 0.2) is 0 Å². The third-order valence-electron chi connectivity index (χ3n) is 4.93. The van der Waals surface area contributed by atoms with E-state index >= 15 is 0 Å². The van der Waals surface area contributed by atoms with Crippen molar-refractivity contribution < 1.29 is 0 Å². The standard InChI is InChI=1S/C14H28N2/c1-12(2)7-8-14(10-12,11-15)16-9-5-6-13(16,3)4/h5-11,15H2,1-4H3. The lowest BCUT2D eigenvalue weighted by Gasteiger charge is -2.47. The first-order valence-corrected chi connectivity index (χ1v) is 6.79. The van der Waals surface area contributed by atoms with E-state index in [0.29, 0.717) is 16.5 Å². The Balaban J connectivity index is 2.23. The van der Waals surface area contributed by atoms with Crippen molar-refractivity contribution >= 4 is 0 Å². The van der Waals surface area contributed by atoms with Gasteiger partial charge in [-0.2, -0.15) is 0 Å². The van der Waals surface area contributed by atoms with Crippen molar-refractivity contribution in [1.29, 1.82) is 0 Å². The van der Waals surface area contributed by atoms with E-state index in [0.717, 1.165) is 6.54 Å². The van der Waals surface area contributed by atoms with Crippen LogP contribution >= 0.6 is 0 Å². The molecule has 2 nitrogen and oxygen atoms in total. The van der Waals surface area contributed by atoms with Gasteiger partial charge < -0.3 is 5.73 Å². The lowest BCUT2D eigenvalue weighted by Crippen LogP contribution is -2.58. The first-order chi connectivity index (χ1) is 7.31. The molecule has 16 heavy (non-hydrogen) atoms. The third-order valence-corrected chi connectivity index (χ3v) is 4.93. The van der Waals surface area contributed by atoms with Crippen LogP contribution in [0.2, 0.25) is 0 Å². The Morgan fingerprint density at radius 3 is 2.12 bits per heavy atom. The highest BCUT2D eigenvalue weighted by atomic mass is 15.3. The Hall–Kier alpha value is -0.0800. The zero-order valence-corrected chi connectivity index (χ0v) is 11.5. The molecule has 1 heterocycles. The van der Waals surface area contributed by atoms with Crippen LogP contribution in [0.25, 0.3) is 0 Å². The molecule has 0 aromatic carbocycles. The molecular weight excluding hydrogens is 196 g/mol. The van der Waals surface area contributed by atoms with Crippen molar-refractivity contribution in [2.24, 2.45) is 11.1 Å². The molecule has 2 rings (SSSR count). The Morgan fingerprint density at radius 1 is 1.06 bits per heavy atom. The zero-order chi connectivity index (χ0) is 12.0. The maximum Gasteiger partial charge on any atom is 0.0342 e. The summed E-state index contributed by atoms with van der Waals surface area (Å²) >= 11 is 0. The molecule has 1 saturated carbocycles. The summed E-state index contributed by atoms with van der Waals surface area (Å²) in [5.41, 5.74) is 7.29. The number of rotatable bonds is 2. The highest BCUT2D eigenvalue weighted by molar-refractivity contribution is 5.07. The molecule has 0 radical (unpaired) electrons. The molecule has 1 aliphatic carbocycles. The van der Waals surface area contributed by atoms with Gasteiger partial charge in [-0.25, -0.2) is 0 Å². The number of hydrogen-bond acceptors (Lipinski definition) is 2. The normalized spacial score (nSPS) is 38.1. The van der Waals surface area contributed by atoms with Gasteiger partial charge in [0.25, 0.3) is 0 Å². The fourth-order valence-electron chi connectivity index (χ4n) is 4.14. The second-order valence-corrected chi connectivity index (χ2v) is 7.34. The Labute approximate surface area is 101 Å². The minimum Gasteiger partial charge on any atom is -0.329 e. The van der Waals surface area contributed by atoms with Crippen LogP contribution in [0.4, 0.5) is 0 Å². The third kappa shape index (κ3) is 1.91. The number of likely N-dealkylation sites (tertiary alicyclic amines) is 1. The maximum atomic E-state index is 6.15. The SMILES string of the molecule is CC1(C)CCC(CN)(N2CCCC2(C)C)C1. The van der Waals surface area contributed by atoms with Crippen molar-refractivity contribution in [3.63, 3.8) is 0 Å². The predicted molar refractivity (Wildman–Crippen MR) is 69.4 cm³/mol. The average Bonchev–Trinajstić information content (AvgIpc) is 2.67. The summed E-state index contributed by atoms with van der Waals surface area (Å²) in [4.78, 5) is 2.73. The van der Waals surface area contributed by atoms with E-state index in [9.17, 15) is 0 Å². The first kappa shape index (κ1) is 12.4. The zero-order valence-electron chi connectivity index (χ0n) is 11.5. The van der Waals surface area contributed by atoms with E-state index in [-0.39, 0.29) is 0 Å². The maximum absolute atomic E-state index is 6.15. The van der Waals surface area contributed by atoms with E-state index in [4.69, 9.17) is 5.73 Å². The number of nitrogens with two attached hydrogens (primary N) is 1. The lowest BCUT2D eigenvalue weighted by atomic mass is 9.85. The fraction of sp³-hybridized carbons (Fsp3) is 1.00. The van der Waals surface area contributed by atoms with E-state index < -0.39 is 0 Å². The Morgan fingerprint density at radius 2 is 1.75 bits per heavy atom. The van der Waals surface area contributed by atoms with Crippen molar-refractivity contribution in [2.45, 2.75) is 70.9 Å². The van der Waals surface area contributed by atoms with Gasteiger partial charge in [0, 0.05) is 17.6 Å². The summed E-state index contributed by atoms with van der Waals surface area (Å²) in [6.07, 6.45) is 6.57. The average molecular weight is 224 g/mol. The topological polar surface area (TPSA) is 29.3 Å². The smallest absolute Gasteiger partial charge is 0.0342 e. The van der Waals surface area contributed by atoms with Crippen LogP contribution in [0, 0.1) is 5.41 Å². The van der Waals surface area contributed by atoms with Gasteiger partial charge in [-0.3, -0.25) is 4.90 Å². The molecule has 1 atom stereocenters. The molecule has 1 aliphatic heterocycles. The quantitative estimate of drug-likeness (QED) is 0.781. The molecule has 0 bridgehead atoms. The summed E-state index contributed by atoms with van der Waals surface area (Å²) < 4.78 is 0. The van der Waals surface area contributed by atoms with Gasteiger partial charge in [0.1, 0.15) is 0 Å². The molecule has 2 N–H and O–H groups in total. The molecule has 0 spiro atoms. The molecule has 2 fully saturated rings. The summed E-state index contributed by atoms with van der Waals surface area (Å²) in [5.74, 6) is 0.